The van der Waals surface area contributed by atoms with Gasteiger partial charge in [-0.2, -0.15) is 15.0 Å². The van der Waals surface area contributed by atoms with Gasteiger partial charge in [-0.3, -0.25) is 10.4 Å². The minimum Gasteiger partial charge on any atom is -0.349 e. The third kappa shape index (κ3) is 3.52. The molecule has 0 aliphatic carbocycles. The summed E-state index contributed by atoms with van der Waals surface area (Å²) < 4.78 is 0. The van der Waals surface area contributed by atoms with Crippen molar-refractivity contribution in [3.63, 3.8) is 0 Å². The molecule has 0 aliphatic heterocycles. The summed E-state index contributed by atoms with van der Waals surface area (Å²) in [5.41, 5.74) is 4.26. The van der Waals surface area contributed by atoms with E-state index in [1.807, 2.05) is 24.9 Å². The van der Waals surface area contributed by atoms with E-state index in [1.54, 1.807) is 16.8 Å². The van der Waals surface area contributed by atoms with Crippen molar-refractivity contribution >= 4 is 29.2 Å². The zero-order valence-corrected chi connectivity index (χ0v) is 12.3. The lowest BCUT2D eigenvalue weighted by Gasteiger charge is -2.19. The van der Waals surface area contributed by atoms with E-state index in [9.17, 15) is 0 Å². The van der Waals surface area contributed by atoms with Gasteiger partial charge in [-0.15, -0.1) is 11.3 Å². The molecule has 0 saturated carbocycles. The van der Waals surface area contributed by atoms with Crippen molar-refractivity contribution in [3.8, 4) is 0 Å². The number of nitrogen functional groups attached to an aromatic ring is 1. The summed E-state index contributed by atoms with van der Waals surface area (Å²) in [6.45, 7) is 6.36. The molecule has 2 rings (SSSR count). The van der Waals surface area contributed by atoms with Crippen LogP contribution in [0.4, 0.5) is 17.8 Å². The number of thiazole rings is 1. The largest absolute Gasteiger partial charge is 0.349 e. The second-order valence-corrected chi connectivity index (χ2v) is 4.89. The van der Waals surface area contributed by atoms with Crippen molar-refractivity contribution in [1.29, 1.82) is 0 Å². The Morgan fingerprint density at radius 1 is 1.20 bits per heavy atom. The molecule has 0 spiro atoms. The number of anilines is 3. The van der Waals surface area contributed by atoms with Gasteiger partial charge in [-0.05, 0) is 13.8 Å². The summed E-state index contributed by atoms with van der Waals surface area (Å²) in [7, 11) is 0. The Hall–Kier alpha value is -2.00. The second kappa shape index (κ2) is 6.96. The van der Waals surface area contributed by atoms with E-state index in [1.165, 1.54) is 0 Å². The predicted octanol–water partition coefficient (Wildman–Crippen LogP) is 1.07. The Morgan fingerprint density at radius 2 is 1.95 bits per heavy atom. The molecule has 0 bridgehead atoms. The first-order chi connectivity index (χ1) is 9.76. The van der Waals surface area contributed by atoms with Crippen LogP contribution in [0.25, 0.3) is 0 Å². The van der Waals surface area contributed by atoms with Gasteiger partial charge in [0.2, 0.25) is 17.8 Å². The van der Waals surface area contributed by atoms with Gasteiger partial charge in [-0.1, -0.05) is 0 Å². The van der Waals surface area contributed by atoms with Gasteiger partial charge in [0, 0.05) is 24.2 Å². The topological polar surface area (TPSA) is 105 Å². The highest BCUT2D eigenvalue weighted by atomic mass is 32.1. The minimum atomic E-state index is 0.341. The summed E-state index contributed by atoms with van der Waals surface area (Å²) in [5, 5.41) is 3.15. The molecule has 0 aromatic carbocycles. The van der Waals surface area contributed by atoms with E-state index in [2.05, 4.69) is 30.7 Å². The van der Waals surface area contributed by atoms with Gasteiger partial charge in [0.05, 0.1) is 12.1 Å². The summed E-state index contributed by atoms with van der Waals surface area (Å²) >= 11 is 1.58. The first kappa shape index (κ1) is 14.4. The maximum absolute atomic E-state index is 5.40. The summed E-state index contributed by atoms with van der Waals surface area (Å²) in [6, 6.07) is 0. The van der Waals surface area contributed by atoms with E-state index in [0.717, 1.165) is 18.0 Å². The van der Waals surface area contributed by atoms with Gasteiger partial charge < -0.3 is 10.2 Å². The average Bonchev–Trinajstić information content (AvgIpc) is 2.99. The van der Waals surface area contributed by atoms with Crippen LogP contribution in [0.15, 0.2) is 11.7 Å². The lowest BCUT2D eigenvalue weighted by atomic mass is 10.5. The molecule has 2 aromatic rings. The fraction of sp³-hybridized carbons (Fsp3) is 0.455. The van der Waals surface area contributed by atoms with Crippen LogP contribution < -0.4 is 21.5 Å². The summed E-state index contributed by atoms with van der Waals surface area (Å²) in [4.78, 5) is 20.0. The van der Waals surface area contributed by atoms with Crippen molar-refractivity contribution in [3.05, 3.63) is 16.6 Å². The zero-order chi connectivity index (χ0) is 14.4. The highest BCUT2D eigenvalue weighted by Gasteiger charge is 2.10. The molecule has 108 valence electrons. The van der Waals surface area contributed by atoms with Crippen molar-refractivity contribution in [2.45, 2.75) is 20.4 Å². The van der Waals surface area contributed by atoms with Crippen molar-refractivity contribution < 1.29 is 0 Å². The quantitative estimate of drug-likeness (QED) is 0.514. The van der Waals surface area contributed by atoms with Crippen LogP contribution in [-0.2, 0) is 6.54 Å². The van der Waals surface area contributed by atoms with E-state index >= 15 is 0 Å². The molecule has 8 nitrogen and oxygen atoms in total. The van der Waals surface area contributed by atoms with Crippen LogP contribution >= 0.6 is 11.3 Å². The molecular formula is C11H18N8S. The molecule has 0 amide bonds. The molecule has 2 aromatic heterocycles. The number of hydrogen-bond donors (Lipinski definition) is 3. The van der Waals surface area contributed by atoms with Gasteiger partial charge in [-0.25, -0.2) is 5.84 Å². The highest BCUT2D eigenvalue weighted by Crippen LogP contribution is 2.14. The fourth-order valence-electron chi connectivity index (χ4n) is 1.65. The number of nitrogens with zero attached hydrogens (tertiary/aromatic N) is 5. The number of aromatic nitrogens is 4. The smallest absolute Gasteiger partial charge is 0.243 e. The Kier molecular flexibility index (Phi) is 5.02. The molecule has 9 heteroatoms. The Labute approximate surface area is 121 Å². The van der Waals surface area contributed by atoms with Gasteiger partial charge >= 0.3 is 0 Å². The van der Waals surface area contributed by atoms with E-state index in [4.69, 9.17) is 5.84 Å². The zero-order valence-electron chi connectivity index (χ0n) is 11.5. The summed E-state index contributed by atoms with van der Waals surface area (Å²) in [5.74, 6) is 6.84. The number of nitrogens with two attached hydrogens (primary N) is 1. The molecule has 0 radical (unpaired) electrons. The fourth-order valence-corrected chi connectivity index (χ4v) is 2.19. The van der Waals surface area contributed by atoms with Crippen molar-refractivity contribution in [2.75, 3.05) is 28.7 Å². The van der Waals surface area contributed by atoms with Crippen LogP contribution in [0.1, 0.15) is 18.7 Å². The molecule has 0 fully saturated rings. The molecule has 0 aliphatic rings. The predicted molar refractivity (Wildman–Crippen MR) is 80.6 cm³/mol. The third-order valence-corrected chi connectivity index (χ3v) is 3.48. The Balaban J connectivity index is 2.16. The minimum absolute atomic E-state index is 0.341. The maximum atomic E-state index is 5.40. The molecule has 0 atom stereocenters. The number of hydrazine groups is 1. The lowest BCUT2D eigenvalue weighted by Crippen LogP contribution is -2.26. The third-order valence-electron chi connectivity index (χ3n) is 2.70. The number of nitrogens with one attached hydrogen (secondary N) is 2. The Bertz CT molecular complexity index is 525. The van der Waals surface area contributed by atoms with Crippen LogP contribution in [0.3, 0.4) is 0 Å². The van der Waals surface area contributed by atoms with E-state index in [0.29, 0.717) is 24.4 Å². The monoisotopic (exact) mass is 294 g/mol. The number of rotatable bonds is 7. The van der Waals surface area contributed by atoms with Crippen molar-refractivity contribution in [1.82, 2.24) is 19.9 Å². The molecule has 2 heterocycles. The van der Waals surface area contributed by atoms with Gasteiger partial charge in [0.15, 0.2) is 0 Å². The molecule has 4 N–H and O–H groups in total. The number of hydrogen-bond acceptors (Lipinski definition) is 9. The van der Waals surface area contributed by atoms with Crippen LogP contribution in [0, 0.1) is 0 Å². The normalized spacial score (nSPS) is 10.3. The second-order valence-electron chi connectivity index (χ2n) is 3.92. The average molecular weight is 294 g/mol. The maximum Gasteiger partial charge on any atom is 0.243 e. The van der Waals surface area contributed by atoms with Gasteiger partial charge in [0.25, 0.3) is 0 Å². The standard InChI is InChI=1S/C11H18N8S/c1-3-19(4-2)11-16-9(15-10(17-11)18-12)14-6-8-5-13-7-20-8/h5,7H,3-4,6,12H2,1-2H3,(H2,14,15,16,17,18). The Morgan fingerprint density at radius 3 is 2.55 bits per heavy atom. The van der Waals surface area contributed by atoms with Crippen LogP contribution in [0.2, 0.25) is 0 Å². The van der Waals surface area contributed by atoms with E-state index in [-0.39, 0.29) is 0 Å². The van der Waals surface area contributed by atoms with E-state index < -0.39 is 0 Å². The van der Waals surface area contributed by atoms with Crippen LogP contribution in [-0.4, -0.2) is 33.0 Å². The first-order valence-electron chi connectivity index (χ1n) is 6.35. The molecular weight excluding hydrogens is 276 g/mol. The molecule has 0 saturated heterocycles. The highest BCUT2D eigenvalue weighted by molar-refractivity contribution is 7.09. The molecule has 20 heavy (non-hydrogen) atoms. The van der Waals surface area contributed by atoms with Crippen molar-refractivity contribution in [2.24, 2.45) is 5.84 Å². The van der Waals surface area contributed by atoms with Gasteiger partial charge in [0.1, 0.15) is 0 Å². The lowest BCUT2D eigenvalue weighted by molar-refractivity contribution is 0.812. The van der Waals surface area contributed by atoms with Crippen LogP contribution in [0.5, 0.6) is 0 Å². The SMILES string of the molecule is CCN(CC)c1nc(NN)nc(NCc2cncs2)n1. The molecule has 0 unspecified atom stereocenters. The summed E-state index contributed by atoms with van der Waals surface area (Å²) in [6.07, 6.45) is 1.81. The first-order valence-corrected chi connectivity index (χ1v) is 7.23.